The van der Waals surface area contributed by atoms with Crippen LogP contribution >= 0.6 is 0 Å². The maximum Gasteiger partial charge on any atom is 0.333 e. The highest BCUT2D eigenvalue weighted by molar-refractivity contribution is 7.87. The topological polar surface area (TPSA) is 133 Å². The van der Waals surface area contributed by atoms with Crippen molar-refractivity contribution in [1.29, 1.82) is 0 Å². The third-order valence-electron chi connectivity index (χ3n) is 3.16. The first-order chi connectivity index (χ1) is 9.77. The zero-order chi connectivity index (χ0) is 16.0. The Kier molecular flexibility index (Phi) is 6.52. The van der Waals surface area contributed by atoms with E-state index in [2.05, 4.69) is 0 Å². The predicted molar refractivity (Wildman–Crippen MR) is 71.5 cm³/mol. The Labute approximate surface area is 123 Å². The first-order valence-corrected chi connectivity index (χ1v) is 8.04. The van der Waals surface area contributed by atoms with E-state index in [1.807, 2.05) is 4.72 Å². The molecule has 0 aromatic heterocycles. The van der Waals surface area contributed by atoms with Crippen molar-refractivity contribution in [3.8, 4) is 0 Å². The number of aliphatic hydroxyl groups excluding tert-OH is 1. The summed E-state index contributed by atoms with van der Waals surface area (Å²) in [5, 5.41) is 17.5. The number of esters is 1. The van der Waals surface area contributed by atoms with E-state index >= 15 is 0 Å². The van der Waals surface area contributed by atoms with E-state index in [1.165, 1.54) is 0 Å². The van der Waals surface area contributed by atoms with E-state index in [9.17, 15) is 18.0 Å². The third-order valence-corrected chi connectivity index (χ3v) is 4.73. The minimum Gasteiger partial charge on any atom is -0.479 e. The van der Waals surface area contributed by atoms with Gasteiger partial charge in [-0.3, -0.25) is 4.79 Å². The average Bonchev–Trinajstić information content (AvgIpc) is 2.45. The van der Waals surface area contributed by atoms with Gasteiger partial charge in [0.1, 0.15) is 0 Å². The number of hydrogen-bond donors (Lipinski definition) is 3. The number of aliphatic hydroxyl groups is 1. The third kappa shape index (κ3) is 5.23. The van der Waals surface area contributed by atoms with E-state index in [-0.39, 0.29) is 31.6 Å². The molecule has 10 heteroatoms. The van der Waals surface area contributed by atoms with Gasteiger partial charge in [0.05, 0.1) is 12.5 Å². The lowest BCUT2D eigenvalue weighted by Gasteiger charge is -2.30. The molecular formula is C11H20N2O7S. The molecule has 21 heavy (non-hydrogen) atoms. The molecule has 0 saturated carbocycles. The Bertz CT molecular complexity index is 471. The summed E-state index contributed by atoms with van der Waals surface area (Å²) in [5.41, 5.74) is 0. The van der Waals surface area contributed by atoms with Crippen molar-refractivity contribution < 1.29 is 33.0 Å². The van der Waals surface area contributed by atoms with Crippen molar-refractivity contribution in [3.63, 3.8) is 0 Å². The number of carbonyl (C=O) groups excluding carboxylic acids is 1. The lowest BCUT2D eigenvalue weighted by Crippen LogP contribution is -2.48. The predicted octanol–water partition coefficient (Wildman–Crippen LogP) is -1.46. The van der Waals surface area contributed by atoms with Crippen LogP contribution in [0.4, 0.5) is 0 Å². The molecule has 1 heterocycles. The molecule has 1 aliphatic rings. The first-order valence-electron chi connectivity index (χ1n) is 6.60. The maximum absolute atomic E-state index is 11.9. The van der Waals surface area contributed by atoms with Crippen LogP contribution < -0.4 is 4.72 Å². The fourth-order valence-corrected chi connectivity index (χ4v) is 3.20. The van der Waals surface area contributed by atoms with Crippen molar-refractivity contribution in [2.45, 2.75) is 25.9 Å². The van der Waals surface area contributed by atoms with Gasteiger partial charge in [-0.2, -0.15) is 17.4 Å². The highest BCUT2D eigenvalue weighted by Crippen LogP contribution is 2.20. The fraction of sp³-hybridized carbons (Fsp3) is 0.818. The van der Waals surface area contributed by atoms with E-state index < -0.39 is 28.8 Å². The summed E-state index contributed by atoms with van der Waals surface area (Å²) < 4.78 is 31.9. The fourth-order valence-electron chi connectivity index (χ4n) is 1.95. The van der Waals surface area contributed by atoms with E-state index in [1.54, 1.807) is 6.92 Å². The van der Waals surface area contributed by atoms with Crippen LogP contribution in [0.2, 0.25) is 0 Å². The van der Waals surface area contributed by atoms with Crippen LogP contribution in [0.3, 0.4) is 0 Å². The second-order valence-corrected chi connectivity index (χ2v) is 6.39. The van der Waals surface area contributed by atoms with Gasteiger partial charge >= 0.3 is 11.9 Å². The van der Waals surface area contributed by atoms with Gasteiger partial charge < -0.3 is 14.9 Å². The van der Waals surface area contributed by atoms with Gasteiger partial charge in [-0.05, 0) is 19.8 Å². The molecule has 0 radical (unpaired) electrons. The molecule has 0 spiro atoms. The summed E-state index contributed by atoms with van der Waals surface area (Å²) in [6.45, 7) is 1.67. The highest BCUT2D eigenvalue weighted by atomic mass is 32.2. The van der Waals surface area contributed by atoms with E-state index in [0.29, 0.717) is 12.8 Å². The number of hydrogen-bond acceptors (Lipinski definition) is 6. The van der Waals surface area contributed by atoms with Crippen molar-refractivity contribution in [2.24, 2.45) is 5.92 Å². The number of nitrogens with one attached hydrogen (secondary N) is 1. The monoisotopic (exact) mass is 324 g/mol. The standard InChI is InChI=1S/C11H20N2O7S/c1-2-20-11(17)8-3-5-13(6-4-8)21(18,19)12-7-9(14)10(15)16/h8-9,12,14H,2-7H2,1H3,(H,15,16). The van der Waals surface area contributed by atoms with E-state index in [4.69, 9.17) is 14.9 Å². The summed E-state index contributed by atoms with van der Waals surface area (Å²) in [4.78, 5) is 22.0. The van der Waals surface area contributed by atoms with Crippen LogP contribution in [0.25, 0.3) is 0 Å². The number of rotatable bonds is 7. The Morgan fingerprint density at radius 3 is 2.43 bits per heavy atom. The molecule has 1 saturated heterocycles. The SMILES string of the molecule is CCOC(=O)C1CCN(S(=O)(=O)NCC(O)C(=O)O)CC1. The number of aliphatic carboxylic acids is 1. The van der Waals surface area contributed by atoms with Crippen LogP contribution in [-0.4, -0.2) is 67.2 Å². The molecule has 0 aromatic rings. The molecule has 0 aromatic carbocycles. The summed E-state index contributed by atoms with van der Waals surface area (Å²) in [5.74, 6) is -2.15. The number of piperidine rings is 1. The average molecular weight is 324 g/mol. The summed E-state index contributed by atoms with van der Waals surface area (Å²) in [6, 6.07) is 0. The van der Waals surface area contributed by atoms with Gasteiger partial charge in [0.15, 0.2) is 6.10 Å². The molecule has 0 aliphatic carbocycles. The molecule has 0 amide bonds. The second kappa shape index (κ2) is 7.69. The van der Waals surface area contributed by atoms with Crippen molar-refractivity contribution in [1.82, 2.24) is 9.03 Å². The van der Waals surface area contributed by atoms with Crippen molar-refractivity contribution >= 4 is 22.1 Å². The number of carboxylic acid groups (broad SMARTS) is 1. The van der Waals surface area contributed by atoms with Gasteiger partial charge in [-0.1, -0.05) is 0 Å². The van der Waals surface area contributed by atoms with Gasteiger partial charge in [0, 0.05) is 19.6 Å². The summed E-state index contributed by atoms with van der Waals surface area (Å²) >= 11 is 0. The first kappa shape index (κ1) is 17.8. The van der Waals surface area contributed by atoms with E-state index in [0.717, 1.165) is 4.31 Å². The molecule has 1 atom stereocenters. The van der Waals surface area contributed by atoms with Gasteiger partial charge in [-0.15, -0.1) is 0 Å². The molecule has 9 nitrogen and oxygen atoms in total. The molecule has 1 fully saturated rings. The maximum atomic E-state index is 11.9. The van der Waals surface area contributed by atoms with Crippen molar-refractivity contribution in [3.05, 3.63) is 0 Å². The van der Waals surface area contributed by atoms with Gasteiger partial charge in [-0.25, -0.2) is 4.79 Å². The minimum atomic E-state index is -3.87. The zero-order valence-corrected chi connectivity index (χ0v) is 12.5. The summed E-state index contributed by atoms with van der Waals surface area (Å²) in [7, 11) is -3.87. The largest absolute Gasteiger partial charge is 0.479 e. The van der Waals surface area contributed by atoms with Crippen LogP contribution in [0, 0.1) is 5.92 Å². The Morgan fingerprint density at radius 2 is 1.95 bits per heavy atom. The molecule has 122 valence electrons. The quantitative estimate of drug-likeness (QED) is 0.487. The normalized spacial score (nSPS) is 19.1. The molecule has 3 N–H and O–H groups in total. The zero-order valence-electron chi connectivity index (χ0n) is 11.7. The van der Waals surface area contributed by atoms with Gasteiger partial charge in [0.25, 0.3) is 10.2 Å². The Balaban J connectivity index is 2.48. The number of carboxylic acids is 1. The molecular weight excluding hydrogens is 304 g/mol. The Morgan fingerprint density at radius 1 is 1.38 bits per heavy atom. The molecule has 1 rings (SSSR count). The van der Waals surface area contributed by atoms with Crippen LogP contribution in [0.15, 0.2) is 0 Å². The molecule has 1 aliphatic heterocycles. The molecule has 0 bridgehead atoms. The lowest BCUT2D eigenvalue weighted by atomic mass is 9.98. The van der Waals surface area contributed by atoms with Crippen LogP contribution in [0.5, 0.6) is 0 Å². The lowest BCUT2D eigenvalue weighted by molar-refractivity contribution is -0.149. The van der Waals surface area contributed by atoms with Crippen LogP contribution in [-0.2, 0) is 24.5 Å². The second-order valence-electron chi connectivity index (χ2n) is 4.63. The number of carbonyl (C=O) groups is 2. The van der Waals surface area contributed by atoms with Gasteiger partial charge in [0.2, 0.25) is 0 Å². The highest BCUT2D eigenvalue weighted by Gasteiger charge is 2.32. The number of ether oxygens (including phenoxy) is 1. The number of nitrogens with zero attached hydrogens (tertiary/aromatic N) is 1. The summed E-state index contributed by atoms with van der Waals surface area (Å²) in [6.07, 6.45) is -1.10. The van der Waals surface area contributed by atoms with Crippen molar-refractivity contribution in [2.75, 3.05) is 26.2 Å². The smallest absolute Gasteiger partial charge is 0.333 e. The van der Waals surface area contributed by atoms with Crippen LogP contribution in [0.1, 0.15) is 19.8 Å². The Hall–Kier alpha value is -1.23. The minimum absolute atomic E-state index is 0.141. The molecule has 1 unspecified atom stereocenters.